The van der Waals surface area contributed by atoms with Crippen LogP contribution in [0.3, 0.4) is 0 Å². The highest BCUT2D eigenvalue weighted by atomic mass is 32.2. The minimum absolute atomic E-state index is 0.148. The van der Waals surface area contributed by atoms with Crippen LogP contribution in [0.25, 0.3) is 6.08 Å². The van der Waals surface area contributed by atoms with Crippen LogP contribution in [0.15, 0.2) is 53.4 Å². The molecule has 1 heterocycles. The average molecular weight is 368 g/mol. The van der Waals surface area contributed by atoms with Gasteiger partial charge in [-0.1, -0.05) is 24.3 Å². The van der Waals surface area contributed by atoms with E-state index in [1.165, 1.54) is 4.90 Å². The van der Waals surface area contributed by atoms with Crippen molar-refractivity contribution in [3.63, 3.8) is 0 Å². The molecule has 1 saturated heterocycles. The minimum atomic E-state index is -0.283. The number of nitrogens with one attached hydrogen (secondary N) is 1. The first-order chi connectivity index (χ1) is 12.6. The number of imide groups is 1. The number of rotatable bonds is 6. The molecule has 6 heteroatoms. The fourth-order valence-electron chi connectivity index (χ4n) is 2.54. The topological polar surface area (TPSA) is 58.6 Å². The Balaban J connectivity index is 1.67. The number of carbonyl (C=O) groups excluding carboxylic acids is 2. The van der Waals surface area contributed by atoms with Gasteiger partial charge < -0.3 is 10.1 Å². The number of amides is 2. The summed E-state index contributed by atoms with van der Waals surface area (Å²) in [5.74, 6) is 0.495. The molecule has 0 radical (unpaired) electrons. The predicted octanol–water partition coefficient (Wildman–Crippen LogP) is 4.50. The minimum Gasteiger partial charge on any atom is -0.494 e. The van der Waals surface area contributed by atoms with Gasteiger partial charge in [-0.05, 0) is 67.1 Å². The number of aryl methyl sites for hydroxylation is 1. The van der Waals surface area contributed by atoms with Crippen molar-refractivity contribution in [1.29, 1.82) is 0 Å². The van der Waals surface area contributed by atoms with Gasteiger partial charge in [-0.15, -0.1) is 0 Å². The van der Waals surface area contributed by atoms with Gasteiger partial charge in [0.1, 0.15) is 5.75 Å². The Hall–Kier alpha value is -2.73. The Bertz CT molecular complexity index is 846. The summed E-state index contributed by atoms with van der Waals surface area (Å²) < 4.78 is 5.40. The third kappa shape index (κ3) is 4.26. The number of thioether (sulfide) groups is 1. The Morgan fingerprint density at radius 1 is 1.15 bits per heavy atom. The summed E-state index contributed by atoms with van der Waals surface area (Å²) in [5, 5.41) is 2.85. The summed E-state index contributed by atoms with van der Waals surface area (Å²) in [6, 6.07) is 15.2. The first-order valence-corrected chi connectivity index (χ1v) is 9.17. The highest BCUT2D eigenvalue weighted by molar-refractivity contribution is 8.18. The van der Waals surface area contributed by atoms with Crippen molar-refractivity contribution < 1.29 is 14.3 Å². The molecule has 0 aliphatic carbocycles. The number of hydrogen-bond donors (Lipinski definition) is 1. The maximum absolute atomic E-state index is 12.5. The lowest BCUT2D eigenvalue weighted by atomic mass is 10.2. The van der Waals surface area contributed by atoms with E-state index in [0.29, 0.717) is 11.5 Å². The van der Waals surface area contributed by atoms with Crippen molar-refractivity contribution in [1.82, 2.24) is 4.90 Å². The van der Waals surface area contributed by atoms with E-state index in [1.54, 1.807) is 6.08 Å². The van der Waals surface area contributed by atoms with Gasteiger partial charge in [0.05, 0.1) is 18.2 Å². The van der Waals surface area contributed by atoms with E-state index in [2.05, 4.69) is 5.32 Å². The largest absolute Gasteiger partial charge is 0.494 e. The second kappa shape index (κ2) is 8.10. The van der Waals surface area contributed by atoms with Crippen LogP contribution < -0.4 is 10.1 Å². The summed E-state index contributed by atoms with van der Waals surface area (Å²) in [4.78, 5) is 26.3. The number of nitrogens with zero attached hydrogens (tertiary/aromatic N) is 1. The number of hydrogen-bond acceptors (Lipinski definition) is 5. The second-order valence-corrected chi connectivity index (χ2v) is 6.81. The molecule has 1 fully saturated rings. The van der Waals surface area contributed by atoms with E-state index >= 15 is 0 Å². The molecule has 1 aliphatic heterocycles. The molecule has 134 valence electrons. The fourth-order valence-corrected chi connectivity index (χ4v) is 3.38. The molecular formula is C20H20N2O3S. The molecule has 0 saturated carbocycles. The molecule has 2 amide bonds. The Morgan fingerprint density at radius 3 is 2.62 bits per heavy atom. The zero-order valence-electron chi connectivity index (χ0n) is 14.7. The fraction of sp³-hybridized carbons (Fsp3) is 0.200. The number of ether oxygens (including phenoxy) is 1. The third-order valence-electron chi connectivity index (χ3n) is 3.82. The zero-order valence-corrected chi connectivity index (χ0v) is 15.5. The van der Waals surface area contributed by atoms with Gasteiger partial charge in [-0.25, -0.2) is 0 Å². The van der Waals surface area contributed by atoms with Crippen molar-refractivity contribution in [2.24, 2.45) is 0 Å². The first kappa shape index (κ1) is 18.1. The summed E-state index contributed by atoms with van der Waals surface area (Å²) in [6.45, 7) is 4.67. The van der Waals surface area contributed by atoms with E-state index < -0.39 is 0 Å². The SMILES string of the molecule is CCOc1ccc(/C=C2/SC(=O)N(CNc3cccc(C)c3)C2=O)cc1. The van der Waals surface area contributed by atoms with Crippen molar-refractivity contribution in [2.45, 2.75) is 13.8 Å². The van der Waals surface area contributed by atoms with Crippen LogP contribution in [0.1, 0.15) is 18.1 Å². The zero-order chi connectivity index (χ0) is 18.5. The van der Waals surface area contributed by atoms with Crippen molar-refractivity contribution in [3.05, 3.63) is 64.6 Å². The van der Waals surface area contributed by atoms with Crippen LogP contribution >= 0.6 is 11.8 Å². The molecule has 0 unspecified atom stereocenters. The van der Waals surface area contributed by atoms with Crippen LogP contribution in [0.2, 0.25) is 0 Å². The van der Waals surface area contributed by atoms with E-state index in [9.17, 15) is 9.59 Å². The number of anilines is 1. The molecule has 1 aliphatic rings. The standard InChI is InChI=1S/C20H20N2O3S/c1-3-25-17-9-7-15(8-10-17)12-18-19(23)22(20(24)26-18)13-21-16-6-4-5-14(2)11-16/h4-12,21H,3,13H2,1-2H3/b18-12+. The Morgan fingerprint density at radius 2 is 1.92 bits per heavy atom. The molecule has 0 atom stereocenters. The normalized spacial score (nSPS) is 15.6. The van der Waals surface area contributed by atoms with E-state index in [-0.39, 0.29) is 17.8 Å². The maximum atomic E-state index is 12.5. The lowest BCUT2D eigenvalue weighted by Crippen LogP contribution is -2.33. The molecule has 0 bridgehead atoms. The highest BCUT2D eigenvalue weighted by Gasteiger charge is 2.34. The predicted molar refractivity (Wildman–Crippen MR) is 105 cm³/mol. The van der Waals surface area contributed by atoms with Crippen molar-refractivity contribution in [3.8, 4) is 5.75 Å². The molecule has 0 aromatic heterocycles. The van der Waals surface area contributed by atoms with Gasteiger partial charge in [0.2, 0.25) is 0 Å². The van der Waals surface area contributed by atoms with Crippen LogP contribution in [0, 0.1) is 6.92 Å². The summed E-state index contributed by atoms with van der Waals surface area (Å²) in [5.41, 5.74) is 2.84. The molecule has 5 nitrogen and oxygen atoms in total. The lowest BCUT2D eigenvalue weighted by molar-refractivity contribution is -0.122. The van der Waals surface area contributed by atoms with Gasteiger partial charge in [0.25, 0.3) is 11.1 Å². The van der Waals surface area contributed by atoms with Gasteiger partial charge in [-0.2, -0.15) is 0 Å². The van der Waals surface area contributed by atoms with Gasteiger partial charge in [-0.3, -0.25) is 14.5 Å². The first-order valence-electron chi connectivity index (χ1n) is 8.35. The maximum Gasteiger partial charge on any atom is 0.295 e. The summed E-state index contributed by atoms with van der Waals surface area (Å²) in [6.07, 6.45) is 1.73. The second-order valence-electron chi connectivity index (χ2n) is 5.82. The third-order valence-corrected chi connectivity index (χ3v) is 4.73. The molecular weight excluding hydrogens is 348 g/mol. The van der Waals surface area contributed by atoms with E-state index in [4.69, 9.17) is 4.74 Å². The Kier molecular flexibility index (Phi) is 5.63. The molecule has 2 aromatic carbocycles. The molecule has 2 aromatic rings. The molecule has 3 rings (SSSR count). The van der Waals surface area contributed by atoms with E-state index in [0.717, 1.165) is 34.3 Å². The monoisotopic (exact) mass is 368 g/mol. The smallest absolute Gasteiger partial charge is 0.295 e. The van der Waals surface area contributed by atoms with Gasteiger partial charge in [0, 0.05) is 5.69 Å². The summed E-state index contributed by atoms with van der Waals surface area (Å²) >= 11 is 0.957. The van der Waals surface area contributed by atoms with Gasteiger partial charge >= 0.3 is 0 Å². The Labute approximate surface area is 157 Å². The molecule has 26 heavy (non-hydrogen) atoms. The highest BCUT2D eigenvalue weighted by Crippen LogP contribution is 2.32. The quantitative estimate of drug-likeness (QED) is 0.761. The van der Waals surface area contributed by atoms with Crippen LogP contribution in [0.4, 0.5) is 10.5 Å². The number of benzene rings is 2. The number of carbonyl (C=O) groups is 2. The van der Waals surface area contributed by atoms with Crippen LogP contribution in [-0.2, 0) is 4.79 Å². The lowest BCUT2D eigenvalue weighted by Gasteiger charge is -2.14. The van der Waals surface area contributed by atoms with Crippen molar-refractivity contribution in [2.75, 3.05) is 18.6 Å². The average Bonchev–Trinajstić information content (AvgIpc) is 2.88. The molecule has 1 N–H and O–H groups in total. The van der Waals surface area contributed by atoms with Crippen LogP contribution in [0.5, 0.6) is 5.75 Å². The van der Waals surface area contributed by atoms with E-state index in [1.807, 2.05) is 62.4 Å². The van der Waals surface area contributed by atoms with Crippen LogP contribution in [-0.4, -0.2) is 29.3 Å². The van der Waals surface area contributed by atoms with Gasteiger partial charge in [0.15, 0.2) is 0 Å². The molecule has 0 spiro atoms. The summed E-state index contributed by atoms with van der Waals surface area (Å²) in [7, 11) is 0. The van der Waals surface area contributed by atoms with Crippen molar-refractivity contribution >= 4 is 34.7 Å².